The third kappa shape index (κ3) is 2.74. The molecule has 2 rings (SSSR count). The number of ether oxygens (including phenoxy) is 2. The first-order valence-corrected chi connectivity index (χ1v) is 6.24. The highest BCUT2D eigenvalue weighted by Gasteiger charge is 2.34. The number of methoxy groups -OCH3 is 1. The predicted molar refractivity (Wildman–Crippen MR) is 60.2 cm³/mol. The standard InChI is InChI=1S/C12H21NO3/c1-15-12(14)11-6-7-13(11)8-9-16-10-4-2-3-5-10/h10-11H,2-9H2,1H3. The molecule has 1 atom stereocenters. The Bertz CT molecular complexity index is 238. The van der Waals surface area contributed by atoms with Crippen molar-refractivity contribution in [2.45, 2.75) is 44.2 Å². The van der Waals surface area contributed by atoms with E-state index in [2.05, 4.69) is 4.90 Å². The maximum atomic E-state index is 11.3. The highest BCUT2D eigenvalue weighted by atomic mass is 16.5. The van der Waals surface area contributed by atoms with Crippen molar-refractivity contribution < 1.29 is 14.3 Å². The van der Waals surface area contributed by atoms with E-state index >= 15 is 0 Å². The molecule has 0 bridgehead atoms. The van der Waals surface area contributed by atoms with Crippen molar-refractivity contribution >= 4 is 5.97 Å². The number of hydrogen-bond donors (Lipinski definition) is 0. The lowest BCUT2D eigenvalue weighted by Gasteiger charge is -2.38. The molecule has 0 spiro atoms. The topological polar surface area (TPSA) is 38.8 Å². The summed E-state index contributed by atoms with van der Waals surface area (Å²) < 4.78 is 10.5. The number of likely N-dealkylation sites (tertiary alicyclic amines) is 1. The Morgan fingerprint density at radius 2 is 2.06 bits per heavy atom. The monoisotopic (exact) mass is 227 g/mol. The summed E-state index contributed by atoms with van der Waals surface area (Å²) in [6.07, 6.45) is 6.42. The minimum Gasteiger partial charge on any atom is -0.468 e. The Balaban J connectivity index is 1.60. The number of esters is 1. The summed E-state index contributed by atoms with van der Waals surface area (Å²) in [5.41, 5.74) is 0. The van der Waals surface area contributed by atoms with Crippen molar-refractivity contribution in [2.24, 2.45) is 0 Å². The zero-order valence-electron chi connectivity index (χ0n) is 9.98. The van der Waals surface area contributed by atoms with Crippen molar-refractivity contribution in [3.8, 4) is 0 Å². The molecule has 4 heteroatoms. The molecule has 1 aliphatic carbocycles. The Kier molecular flexibility index (Phi) is 4.18. The molecule has 1 unspecified atom stereocenters. The van der Waals surface area contributed by atoms with Gasteiger partial charge in [-0.15, -0.1) is 0 Å². The third-order valence-electron chi connectivity index (χ3n) is 3.64. The van der Waals surface area contributed by atoms with Gasteiger partial charge in [-0.05, 0) is 19.3 Å². The number of rotatable bonds is 5. The molecule has 1 heterocycles. The zero-order valence-corrected chi connectivity index (χ0v) is 9.98. The fraction of sp³-hybridized carbons (Fsp3) is 0.917. The normalized spacial score (nSPS) is 26.7. The van der Waals surface area contributed by atoms with Gasteiger partial charge < -0.3 is 9.47 Å². The number of carbonyl (C=O) groups excluding carboxylic acids is 1. The van der Waals surface area contributed by atoms with E-state index in [1.807, 2.05) is 0 Å². The van der Waals surface area contributed by atoms with Gasteiger partial charge in [0, 0.05) is 13.1 Å². The summed E-state index contributed by atoms with van der Waals surface area (Å²) in [5, 5.41) is 0. The summed E-state index contributed by atoms with van der Waals surface area (Å²) >= 11 is 0. The average molecular weight is 227 g/mol. The van der Waals surface area contributed by atoms with Crippen LogP contribution in [0.4, 0.5) is 0 Å². The molecule has 0 aromatic carbocycles. The molecule has 2 aliphatic rings. The second-order valence-corrected chi connectivity index (χ2v) is 4.64. The van der Waals surface area contributed by atoms with E-state index in [4.69, 9.17) is 9.47 Å². The minimum atomic E-state index is -0.105. The lowest BCUT2D eigenvalue weighted by molar-refractivity contribution is -0.152. The van der Waals surface area contributed by atoms with E-state index < -0.39 is 0 Å². The van der Waals surface area contributed by atoms with Crippen LogP contribution in [0.15, 0.2) is 0 Å². The Morgan fingerprint density at radius 3 is 2.62 bits per heavy atom. The van der Waals surface area contributed by atoms with Crippen molar-refractivity contribution in [3.63, 3.8) is 0 Å². The average Bonchev–Trinajstić information content (AvgIpc) is 2.75. The van der Waals surface area contributed by atoms with Crippen LogP contribution in [0, 0.1) is 0 Å². The van der Waals surface area contributed by atoms with Crippen LogP contribution in [-0.2, 0) is 14.3 Å². The largest absolute Gasteiger partial charge is 0.468 e. The summed E-state index contributed by atoms with van der Waals surface area (Å²) in [5.74, 6) is -0.105. The third-order valence-corrected chi connectivity index (χ3v) is 3.64. The van der Waals surface area contributed by atoms with Crippen molar-refractivity contribution in [1.82, 2.24) is 4.90 Å². The lowest BCUT2D eigenvalue weighted by atomic mass is 10.0. The Morgan fingerprint density at radius 1 is 1.31 bits per heavy atom. The first-order valence-electron chi connectivity index (χ1n) is 6.24. The quantitative estimate of drug-likeness (QED) is 0.661. The van der Waals surface area contributed by atoms with Crippen molar-refractivity contribution in [3.05, 3.63) is 0 Å². The van der Waals surface area contributed by atoms with Crippen LogP contribution < -0.4 is 0 Å². The summed E-state index contributed by atoms with van der Waals surface area (Å²) in [4.78, 5) is 13.5. The zero-order chi connectivity index (χ0) is 11.4. The fourth-order valence-electron chi connectivity index (χ4n) is 2.50. The van der Waals surface area contributed by atoms with E-state index in [0.717, 1.165) is 26.1 Å². The van der Waals surface area contributed by atoms with Gasteiger partial charge in [0.25, 0.3) is 0 Å². The Labute approximate surface area is 96.9 Å². The van der Waals surface area contributed by atoms with Gasteiger partial charge in [0.2, 0.25) is 0 Å². The minimum absolute atomic E-state index is 0.0165. The van der Waals surface area contributed by atoms with Gasteiger partial charge in [-0.25, -0.2) is 0 Å². The molecule has 0 amide bonds. The maximum Gasteiger partial charge on any atom is 0.323 e. The van der Waals surface area contributed by atoms with Gasteiger partial charge in [0.05, 0.1) is 19.8 Å². The molecule has 1 saturated heterocycles. The molecule has 4 nitrogen and oxygen atoms in total. The van der Waals surface area contributed by atoms with Gasteiger partial charge in [-0.3, -0.25) is 9.69 Å². The predicted octanol–water partition coefficient (Wildman–Crippen LogP) is 1.19. The molecule has 1 aliphatic heterocycles. The van der Waals surface area contributed by atoms with Crippen molar-refractivity contribution in [2.75, 3.05) is 26.8 Å². The smallest absolute Gasteiger partial charge is 0.323 e. The van der Waals surface area contributed by atoms with E-state index in [0.29, 0.717) is 6.10 Å². The van der Waals surface area contributed by atoms with Crippen LogP contribution in [-0.4, -0.2) is 49.8 Å². The SMILES string of the molecule is COC(=O)C1CCN1CCOC1CCCC1. The molecular formula is C12H21NO3. The van der Waals surface area contributed by atoms with Crippen LogP contribution in [0.5, 0.6) is 0 Å². The molecule has 0 aromatic heterocycles. The number of carbonyl (C=O) groups is 1. The van der Waals surface area contributed by atoms with Gasteiger partial charge in [-0.1, -0.05) is 12.8 Å². The molecule has 0 N–H and O–H groups in total. The lowest BCUT2D eigenvalue weighted by Crippen LogP contribution is -2.53. The second-order valence-electron chi connectivity index (χ2n) is 4.64. The van der Waals surface area contributed by atoms with E-state index in [1.165, 1.54) is 32.8 Å². The van der Waals surface area contributed by atoms with E-state index in [1.54, 1.807) is 0 Å². The van der Waals surface area contributed by atoms with E-state index in [9.17, 15) is 4.79 Å². The molecule has 0 radical (unpaired) electrons. The Hall–Kier alpha value is -0.610. The van der Waals surface area contributed by atoms with Gasteiger partial charge in [0.1, 0.15) is 6.04 Å². The molecule has 92 valence electrons. The molecule has 1 saturated carbocycles. The van der Waals surface area contributed by atoms with Gasteiger partial charge in [0.15, 0.2) is 0 Å². The summed E-state index contributed by atoms with van der Waals surface area (Å²) in [6, 6.07) is -0.0165. The van der Waals surface area contributed by atoms with Crippen LogP contribution in [0.2, 0.25) is 0 Å². The van der Waals surface area contributed by atoms with Crippen LogP contribution >= 0.6 is 0 Å². The first kappa shape index (κ1) is 11.9. The van der Waals surface area contributed by atoms with Crippen LogP contribution in [0.1, 0.15) is 32.1 Å². The van der Waals surface area contributed by atoms with Gasteiger partial charge >= 0.3 is 5.97 Å². The number of hydrogen-bond acceptors (Lipinski definition) is 4. The molecule has 2 fully saturated rings. The first-order chi connectivity index (χ1) is 7.81. The van der Waals surface area contributed by atoms with Crippen molar-refractivity contribution in [1.29, 1.82) is 0 Å². The van der Waals surface area contributed by atoms with Gasteiger partial charge in [-0.2, -0.15) is 0 Å². The maximum absolute atomic E-state index is 11.3. The molecular weight excluding hydrogens is 206 g/mol. The van der Waals surface area contributed by atoms with E-state index in [-0.39, 0.29) is 12.0 Å². The fourth-order valence-corrected chi connectivity index (χ4v) is 2.50. The second kappa shape index (κ2) is 5.64. The molecule has 16 heavy (non-hydrogen) atoms. The van der Waals surface area contributed by atoms with Crippen LogP contribution in [0.25, 0.3) is 0 Å². The van der Waals surface area contributed by atoms with Crippen LogP contribution in [0.3, 0.4) is 0 Å². The highest BCUT2D eigenvalue weighted by Crippen LogP contribution is 2.22. The summed E-state index contributed by atoms with van der Waals surface area (Å²) in [6.45, 7) is 2.60. The highest BCUT2D eigenvalue weighted by molar-refractivity contribution is 5.76. The number of nitrogens with zero attached hydrogens (tertiary/aromatic N) is 1. The summed E-state index contributed by atoms with van der Waals surface area (Å²) in [7, 11) is 1.45. The molecule has 0 aromatic rings.